The van der Waals surface area contributed by atoms with E-state index in [1.165, 1.54) is 20.3 Å². The van der Waals surface area contributed by atoms with E-state index >= 15 is 0 Å². The first-order valence-electron chi connectivity index (χ1n) is 9.23. The molecule has 152 valence electrons. The van der Waals surface area contributed by atoms with Gasteiger partial charge in [0.05, 0.1) is 25.1 Å². The predicted octanol–water partition coefficient (Wildman–Crippen LogP) is 1.80. The molecule has 1 heterocycles. The summed E-state index contributed by atoms with van der Waals surface area (Å²) in [6.45, 7) is 0.578. The Morgan fingerprint density at radius 2 is 1.76 bits per heavy atom. The van der Waals surface area contributed by atoms with E-state index in [0.717, 1.165) is 10.1 Å². The average molecular weight is 397 g/mol. The maximum Gasteiger partial charge on any atom is 0.328 e. The summed E-state index contributed by atoms with van der Waals surface area (Å²) >= 11 is 0. The van der Waals surface area contributed by atoms with Crippen LogP contribution >= 0.6 is 0 Å². The zero-order chi connectivity index (χ0) is 20.8. The van der Waals surface area contributed by atoms with Crippen molar-refractivity contribution in [1.82, 2.24) is 14.9 Å². The van der Waals surface area contributed by atoms with Crippen molar-refractivity contribution < 1.29 is 14.3 Å². The zero-order valence-corrected chi connectivity index (χ0v) is 16.4. The van der Waals surface area contributed by atoms with Crippen molar-refractivity contribution in [2.75, 3.05) is 14.2 Å². The first-order valence-corrected chi connectivity index (χ1v) is 9.23. The average Bonchev–Trinajstić information content (AvgIpc) is 2.74. The lowest BCUT2D eigenvalue weighted by Gasteiger charge is -2.11. The van der Waals surface area contributed by atoms with Crippen LogP contribution in [0.2, 0.25) is 0 Å². The lowest BCUT2D eigenvalue weighted by Crippen LogP contribution is -2.35. The summed E-state index contributed by atoms with van der Waals surface area (Å²) in [5.41, 5.74) is 0.413. The van der Waals surface area contributed by atoms with Crippen LogP contribution in [0.25, 0.3) is 10.9 Å². The zero-order valence-electron chi connectivity index (χ0n) is 16.4. The second kappa shape index (κ2) is 9.09. The van der Waals surface area contributed by atoms with E-state index in [4.69, 9.17) is 9.47 Å². The second-order valence-electron chi connectivity index (χ2n) is 6.51. The number of ether oxygens (including phenoxy) is 2. The number of aromatic nitrogens is 2. The number of amides is 1. The van der Waals surface area contributed by atoms with E-state index in [1.54, 1.807) is 6.07 Å². The molecule has 0 radical (unpaired) electrons. The Labute approximate surface area is 167 Å². The molecule has 0 aliphatic heterocycles. The first-order chi connectivity index (χ1) is 14.0. The molecule has 0 aliphatic carbocycles. The maximum absolute atomic E-state index is 12.7. The third-order valence-corrected chi connectivity index (χ3v) is 4.60. The van der Waals surface area contributed by atoms with Crippen LogP contribution < -0.4 is 26.0 Å². The van der Waals surface area contributed by atoms with Crippen LogP contribution in [0.1, 0.15) is 18.4 Å². The highest BCUT2D eigenvalue weighted by Crippen LogP contribution is 2.29. The first kappa shape index (κ1) is 20.2. The Balaban J connectivity index is 1.69. The standard InChI is InChI=1S/C21H23N3O5/c1-28-17-11-15-16(12-18(17)29-2)23-21(27)24(20(15)26)10-6-9-19(25)22-13-14-7-4-3-5-8-14/h3-5,7-8,11-12H,6,9-10,13H2,1-2H3,(H,22,25)(H,23,27). The lowest BCUT2D eigenvalue weighted by atomic mass is 10.2. The highest BCUT2D eigenvalue weighted by atomic mass is 16.5. The number of rotatable bonds is 8. The topological polar surface area (TPSA) is 102 Å². The minimum Gasteiger partial charge on any atom is -0.493 e. The number of methoxy groups -OCH3 is 2. The Kier molecular flexibility index (Phi) is 6.33. The molecule has 0 saturated heterocycles. The summed E-state index contributed by atoms with van der Waals surface area (Å²) in [4.78, 5) is 39.8. The van der Waals surface area contributed by atoms with Crippen LogP contribution in [-0.4, -0.2) is 29.7 Å². The summed E-state index contributed by atoms with van der Waals surface area (Å²) < 4.78 is 11.5. The van der Waals surface area contributed by atoms with Crippen molar-refractivity contribution in [1.29, 1.82) is 0 Å². The van der Waals surface area contributed by atoms with Gasteiger partial charge >= 0.3 is 5.69 Å². The highest BCUT2D eigenvalue weighted by molar-refractivity contribution is 5.81. The maximum atomic E-state index is 12.7. The van der Waals surface area contributed by atoms with Crippen molar-refractivity contribution in [3.05, 3.63) is 68.9 Å². The summed E-state index contributed by atoms with van der Waals surface area (Å²) in [6.07, 6.45) is 0.574. The molecule has 3 rings (SSSR count). The highest BCUT2D eigenvalue weighted by Gasteiger charge is 2.13. The molecule has 29 heavy (non-hydrogen) atoms. The number of carbonyl (C=O) groups excluding carboxylic acids is 1. The largest absolute Gasteiger partial charge is 0.493 e. The molecule has 8 heteroatoms. The number of benzene rings is 2. The third-order valence-electron chi connectivity index (χ3n) is 4.60. The van der Waals surface area contributed by atoms with Crippen LogP contribution in [0.4, 0.5) is 0 Å². The Bertz CT molecular complexity index is 1120. The van der Waals surface area contributed by atoms with Gasteiger partial charge in [-0.3, -0.25) is 14.2 Å². The van der Waals surface area contributed by atoms with Crippen LogP contribution in [0, 0.1) is 0 Å². The number of nitrogens with one attached hydrogen (secondary N) is 2. The van der Waals surface area contributed by atoms with E-state index in [1.807, 2.05) is 30.3 Å². The normalized spacial score (nSPS) is 10.7. The van der Waals surface area contributed by atoms with Crippen molar-refractivity contribution in [3.8, 4) is 11.5 Å². The van der Waals surface area contributed by atoms with Crippen LogP contribution in [0.15, 0.2) is 52.1 Å². The van der Waals surface area contributed by atoms with Gasteiger partial charge < -0.3 is 19.8 Å². The molecule has 0 spiro atoms. The second-order valence-corrected chi connectivity index (χ2v) is 6.51. The molecule has 0 saturated carbocycles. The van der Waals surface area contributed by atoms with Crippen molar-refractivity contribution >= 4 is 16.8 Å². The van der Waals surface area contributed by atoms with Crippen LogP contribution in [0.5, 0.6) is 11.5 Å². The van der Waals surface area contributed by atoms with Gasteiger partial charge in [0.1, 0.15) is 0 Å². The summed E-state index contributed by atoms with van der Waals surface area (Å²) in [6, 6.07) is 12.7. The molecule has 0 fully saturated rings. The third kappa shape index (κ3) is 4.66. The van der Waals surface area contributed by atoms with Gasteiger partial charge in [0, 0.05) is 25.6 Å². The van der Waals surface area contributed by atoms with Crippen molar-refractivity contribution in [2.45, 2.75) is 25.9 Å². The molecule has 3 aromatic rings. The van der Waals surface area contributed by atoms with Crippen molar-refractivity contribution in [3.63, 3.8) is 0 Å². The fraction of sp³-hybridized carbons (Fsp3) is 0.286. The Morgan fingerprint density at radius 1 is 1.07 bits per heavy atom. The fourth-order valence-electron chi connectivity index (χ4n) is 3.07. The number of hydrogen-bond donors (Lipinski definition) is 2. The molecule has 8 nitrogen and oxygen atoms in total. The number of aromatic amines is 1. The summed E-state index contributed by atoms with van der Waals surface area (Å²) in [5, 5.41) is 3.14. The predicted molar refractivity (Wildman–Crippen MR) is 109 cm³/mol. The summed E-state index contributed by atoms with van der Waals surface area (Å²) in [7, 11) is 2.95. The van der Waals surface area contributed by atoms with Crippen LogP contribution in [0.3, 0.4) is 0 Å². The van der Waals surface area contributed by atoms with E-state index in [-0.39, 0.29) is 18.9 Å². The molecule has 2 N–H and O–H groups in total. The van der Waals surface area contributed by atoms with Gasteiger partial charge in [-0.15, -0.1) is 0 Å². The van der Waals surface area contributed by atoms with E-state index in [0.29, 0.717) is 35.4 Å². The van der Waals surface area contributed by atoms with E-state index in [2.05, 4.69) is 10.3 Å². The smallest absolute Gasteiger partial charge is 0.328 e. The molecule has 0 bridgehead atoms. The van der Waals surface area contributed by atoms with Gasteiger partial charge in [-0.05, 0) is 18.1 Å². The fourth-order valence-corrected chi connectivity index (χ4v) is 3.07. The molecule has 1 aromatic heterocycles. The van der Waals surface area contributed by atoms with Gasteiger partial charge in [-0.1, -0.05) is 30.3 Å². The van der Waals surface area contributed by atoms with Crippen LogP contribution in [-0.2, 0) is 17.9 Å². The number of H-pyrrole nitrogens is 1. The number of fused-ring (bicyclic) bond motifs is 1. The molecule has 0 aliphatic rings. The molecule has 0 unspecified atom stereocenters. The lowest BCUT2D eigenvalue weighted by molar-refractivity contribution is -0.121. The van der Waals surface area contributed by atoms with Gasteiger partial charge in [0.15, 0.2) is 11.5 Å². The van der Waals surface area contributed by atoms with Gasteiger partial charge in [-0.25, -0.2) is 4.79 Å². The number of carbonyl (C=O) groups is 1. The Morgan fingerprint density at radius 3 is 2.45 bits per heavy atom. The SMILES string of the molecule is COc1cc2[nH]c(=O)n(CCCC(=O)NCc3ccccc3)c(=O)c2cc1OC. The minimum absolute atomic E-state index is 0.134. The van der Waals surface area contributed by atoms with Gasteiger partial charge in [0.2, 0.25) is 5.91 Å². The van der Waals surface area contributed by atoms with Crippen molar-refractivity contribution in [2.24, 2.45) is 0 Å². The van der Waals surface area contributed by atoms with E-state index in [9.17, 15) is 14.4 Å². The molecule has 0 atom stereocenters. The summed E-state index contributed by atoms with van der Waals surface area (Å²) in [5.74, 6) is 0.685. The minimum atomic E-state index is -0.528. The molecular weight excluding hydrogens is 374 g/mol. The molecule has 2 aromatic carbocycles. The Hall–Kier alpha value is -3.55. The van der Waals surface area contributed by atoms with E-state index < -0.39 is 11.2 Å². The monoisotopic (exact) mass is 397 g/mol. The number of nitrogens with zero attached hydrogens (tertiary/aromatic N) is 1. The van der Waals surface area contributed by atoms with Gasteiger partial charge in [0.25, 0.3) is 5.56 Å². The quantitative estimate of drug-likeness (QED) is 0.603. The van der Waals surface area contributed by atoms with Gasteiger partial charge in [-0.2, -0.15) is 0 Å². The number of hydrogen-bond acceptors (Lipinski definition) is 5. The molecule has 1 amide bonds. The molecular formula is C21H23N3O5.